The molecule has 0 spiro atoms. The van der Waals surface area contributed by atoms with E-state index in [4.69, 9.17) is 5.40 Å². The normalized spacial score (nSPS) is 12.0. The maximum atomic E-state index is 6.01. The van der Waals surface area contributed by atoms with Gasteiger partial charge in [0.05, 0.1) is 0 Å². The van der Waals surface area contributed by atoms with E-state index in [-0.39, 0.29) is 1.43 Å². The molecule has 2 N–H and O–H groups in total. The summed E-state index contributed by atoms with van der Waals surface area (Å²) < 4.78 is 0. The third-order valence-corrected chi connectivity index (χ3v) is 4.64. The minimum absolute atomic E-state index is 0. The van der Waals surface area contributed by atoms with Crippen LogP contribution < -0.4 is 5.40 Å². The lowest BCUT2D eigenvalue weighted by Crippen LogP contribution is -2.28. The largest absolute Gasteiger partial charge is 1.00 e. The molecule has 0 atom stereocenters. The summed E-state index contributed by atoms with van der Waals surface area (Å²) in [5, 5.41) is 6.01. The van der Waals surface area contributed by atoms with Gasteiger partial charge < -0.3 is 5.40 Å². The zero-order chi connectivity index (χ0) is 8.15. The molecule has 0 aliphatic rings. The third kappa shape index (κ3) is 6.30. The van der Waals surface area contributed by atoms with E-state index in [9.17, 15) is 0 Å². The maximum Gasteiger partial charge on any atom is 1.00 e. The first kappa shape index (κ1) is 10.2. The summed E-state index contributed by atoms with van der Waals surface area (Å²) in [4.78, 5) is 0. The average Bonchev–Trinajstić information content (AvgIpc) is 1.58. The van der Waals surface area contributed by atoms with E-state index in [2.05, 4.69) is 27.7 Å². The molecule has 0 aromatic rings. The van der Waals surface area contributed by atoms with Crippen molar-refractivity contribution in [3.63, 3.8) is 0 Å². The molecule has 0 aliphatic heterocycles. The van der Waals surface area contributed by atoms with Crippen LogP contribution in [0.3, 0.4) is 0 Å². The summed E-state index contributed by atoms with van der Waals surface area (Å²) in [6, 6.07) is 2.61. The van der Waals surface area contributed by atoms with Crippen molar-refractivity contribution < 1.29 is 1.43 Å². The molecule has 0 unspecified atom stereocenters. The molecule has 0 saturated heterocycles. The molecule has 0 heterocycles. The first-order chi connectivity index (χ1) is 4.52. The minimum Gasteiger partial charge on any atom is -0.353 e. The number of hydrogen-bond acceptors (Lipinski definition) is 1. The van der Waals surface area contributed by atoms with Crippen LogP contribution >= 0.6 is 0 Å². The lowest BCUT2D eigenvalue weighted by molar-refractivity contribution is 0.689. The van der Waals surface area contributed by atoms with Crippen LogP contribution in [-0.4, -0.2) is 8.96 Å². The smallest absolute Gasteiger partial charge is 0.353 e. The molecular weight excluding hydrogens is 138 g/mol. The molecule has 0 aromatic carbocycles. The molecule has 2 heteroatoms. The molecule has 0 bridgehead atoms. The van der Waals surface area contributed by atoms with E-state index in [1.165, 1.54) is 12.1 Å². The van der Waals surface area contributed by atoms with Gasteiger partial charge in [0.25, 0.3) is 0 Å². The molecule has 62 valence electrons. The van der Waals surface area contributed by atoms with Crippen LogP contribution in [0.2, 0.25) is 12.1 Å². The van der Waals surface area contributed by atoms with Gasteiger partial charge in [0.15, 0.2) is 0 Å². The second-order valence-corrected chi connectivity index (χ2v) is 6.48. The van der Waals surface area contributed by atoms with Crippen molar-refractivity contribution in [1.29, 1.82) is 0 Å². The van der Waals surface area contributed by atoms with Gasteiger partial charge >= 0.3 is 1.43 Å². The summed E-state index contributed by atoms with van der Waals surface area (Å²) in [6.07, 6.45) is 0. The second kappa shape index (κ2) is 4.91. The first-order valence-electron chi connectivity index (χ1n) is 4.28. The first-order valence-corrected chi connectivity index (χ1v) is 6.58. The van der Waals surface area contributed by atoms with Crippen molar-refractivity contribution in [3.05, 3.63) is 0 Å². The van der Waals surface area contributed by atoms with Crippen molar-refractivity contribution >= 4 is 8.96 Å². The van der Waals surface area contributed by atoms with Crippen molar-refractivity contribution in [2.24, 2.45) is 17.2 Å². The fourth-order valence-corrected chi connectivity index (χ4v) is 3.92. The van der Waals surface area contributed by atoms with Gasteiger partial charge in [-0.1, -0.05) is 27.7 Å². The Kier molecular flexibility index (Phi) is 5.00. The topological polar surface area (TPSA) is 26.0 Å². The van der Waals surface area contributed by atoms with Crippen LogP contribution in [0.1, 0.15) is 29.1 Å². The Balaban J connectivity index is 0. The monoisotopic (exact) mass is 160 g/mol. The summed E-state index contributed by atoms with van der Waals surface area (Å²) in [5.74, 6) is 1.61. The Morgan fingerprint density at radius 3 is 1.60 bits per heavy atom. The standard InChI is InChI=1S/C8H21NSi/c1-7(2)5-10(9)6-8(3)4/h7-8,10H,5-6,9H2,1-4H3/p+1. The molecule has 0 saturated carbocycles. The molecule has 0 aromatic heterocycles. The van der Waals surface area contributed by atoms with Gasteiger partial charge in [0, 0.05) is 0 Å². The van der Waals surface area contributed by atoms with Gasteiger partial charge in [0.1, 0.15) is 8.96 Å². The fraction of sp³-hybridized carbons (Fsp3) is 1.00. The molecule has 0 fully saturated rings. The molecule has 0 aliphatic carbocycles. The Hall–Kier alpha value is 0.177. The quantitative estimate of drug-likeness (QED) is 0.626. The van der Waals surface area contributed by atoms with E-state index in [0.29, 0.717) is 0 Å². The third-order valence-electron chi connectivity index (χ3n) is 1.55. The molecule has 0 radical (unpaired) electrons. The van der Waals surface area contributed by atoms with Gasteiger partial charge in [-0.3, -0.25) is 0 Å². The second-order valence-electron chi connectivity index (χ2n) is 4.02. The Bertz CT molecular complexity index is 76.2. The van der Waals surface area contributed by atoms with Gasteiger partial charge in [-0.15, -0.1) is 0 Å². The highest BCUT2D eigenvalue weighted by molar-refractivity contribution is 6.55. The van der Waals surface area contributed by atoms with E-state index in [1.807, 2.05) is 0 Å². The van der Waals surface area contributed by atoms with Gasteiger partial charge in [0.2, 0.25) is 0 Å². The fourth-order valence-electron chi connectivity index (χ4n) is 1.31. The Morgan fingerprint density at radius 1 is 1.10 bits per heavy atom. The van der Waals surface area contributed by atoms with Crippen LogP contribution in [0.15, 0.2) is 0 Å². The van der Waals surface area contributed by atoms with E-state index in [0.717, 1.165) is 11.8 Å². The van der Waals surface area contributed by atoms with Crippen LogP contribution in [0.25, 0.3) is 0 Å². The average molecular weight is 160 g/mol. The van der Waals surface area contributed by atoms with Gasteiger partial charge in [-0.25, -0.2) is 0 Å². The van der Waals surface area contributed by atoms with Crippen molar-refractivity contribution in [2.75, 3.05) is 0 Å². The predicted octanol–water partition coefficient (Wildman–Crippen LogP) is 2.09. The summed E-state index contributed by atoms with van der Waals surface area (Å²) in [6.45, 7) is 9.03. The lowest BCUT2D eigenvalue weighted by Gasteiger charge is -2.13. The highest BCUT2D eigenvalue weighted by Crippen LogP contribution is 2.09. The lowest BCUT2D eigenvalue weighted by atomic mass is 10.3. The predicted molar refractivity (Wildman–Crippen MR) is 51.7 cm³/mol. The number of hydrogen-bond donors (Lipinski definition) is 1. The van der Waals surface area contributed by atoms with Gasteiger partial charge in [-0.05, 0) is 23.9 Å². The van der Waals surface area contributed by atoms with Crippen molar-refractivity contribution in [2.45, 2.75) is 39.8 Å². The molecule has 1 nitrogen and oxygen atoms in total. The summed E-state index contributed by atoms with van der Waals surface area (Å²) in [7, 11) is -0.818. The van der Waals surface area contributed by atoms with Crippen LogP contribution in [0.5, 0.6) is 0 Å². The Morgan fingerprint density at radius 2 is 1.40 bits per heavy atom. The molecule has 0 amide bonds. The summed E-state index contributed by atoms with van der Waals surface area (Å²) in [5.41, 5.74) is 0. The zero-order valence-electron chi connectivity index (χ0n) is 8.72. The van der Waals surface area contributed by atoms with Gasteiger partial charge in [-0.2, -0.15) is 0 Å². The molecular formula is C8H22NSi+. The minimum atomic E-state index is -0.818. The van der Waals surface area contributed by atoms with Crippen LogP contribution in [0.4, 0.5) is 0 Å². The van der Waals surface area contributed by atoms with Crippen LogP contribution in [-0.2, 0) is 0 Å². The van der Waals surface area contributed by atoms with E-state index < -0.39 is 8.96 Å². The number of rotatable bonds is 4. The Labute approximate surface area is 68.2 Å². The number of nitrogens with two attached hydrogens (primary N) is 1. The van der Waals surface area contributed by atoms with E-state index >= 15 is 0 Å². The van der Waals surface area contributed by atoms with Crippen LogP contribution in [0, 0.1) is 11.8 Å². The summed E-state index contributed by atoms with van der Waals surface area (Å²) >= 11 is 0. The molecule has 0 rings (SSSR count). The highest BCUT2D eigenvalue weighted by Gasteiger charge is 2.08. The van der Waals surface area contributed by atoms with Crippen molar-refractivity contribution in [3.8, 4) is 0 Å². The zero-order valence-corrected chi connectivity index (χ0v) is 8.88. The van der Waals surface area contributed by atoms with Crippen molar-refractivity contribution in [1.82, 2.24) is 0 Å². The SMILES string of the molecule is CC(C)C[SiH](N)CC(C)C.[H+]. The highest BCUT2D eigenvalue weighted by atomic mass is 28.3. The van der Waals surface area contributed by atoms with E-state index in [1.54, 1.807) is 0 Å². The maximum absolute atomic E-state index is 6.01. The molecule has 10 heavy (non-hydrogen) atoms.